The second-order valence-corrected chi connectivity index (χ2v) is 11.2. The van der Waals surface area contributed by atoms with Gasteiger partial charge in [-0.15, -0.1) is 0 Å². The first kappa shape index (κ1) is 28.8. The molecule has 8 heteroatoms. The summed E-state index contributed by atoms with van der Waals surface area (Å²) in [5.41, 5.74) is 3.06. The third kappa shape index (κ3) is 7.69. The normalized spacial score (nSPS) is 14.3. The van der Waals surface area contributed by atoms with Crippen molar-refractivity contribution in [2.75, 3.05) is 13.7 Å². The van der Waals surface area contributed by atoms with Crippen LogP contribution in [0.15, 0.2) is 54.4 Å². The van der Waals surface area contributed by atoms with Crippen molar-refractivity contribution < 1.29 is 9.53 Å². The minimum absolute atomic E-state index is 0.245. The Kier molecular flexibility index (Phi) is 10.2. The van der Waals surface area contributed by atoms with Gasteiger partial charge in [-0.25, -0.2) is 9.67 Å². The van der Waals surface area contributed by atoms with Crippen molar-refractivity contribution >= 4 is 17.5 Å². The first-order valence-corrected chi connectivity index (χ1v) is 14.4. The molecule has 0 radical (unpaired) electrons. The molecule has 0 saturated heterocycles. The first-order chi connectivity index (χ1) is 18.9. The standard InChI is InChI=1S/C31H40ClN5O2/c1-22(2)8-7-9-23(3)20-29(38)36(26-10-5-6-11-26)18-19-37-31(25-12-13-28(39-4)27(32)21-25)34-30(35-37)24-14-16-33-17-15-24/h8,12-17,21,23,26H,5-7,9-11,18-20H2,1-4H3. The van der Waals surface area contributed by atoms with Gasteiger partial charge >= 0.3 is 0 Å². The van der Waals surface area contributed by atoms with Gasteiger partial charge in [-0.05, 0) is 75.8 Å². The van der Waals surface area contributed by atoms with E-state index in [0.717, 1.165) is 36.8 Å². The van der Waals surface area contributed by atoms with E-state index < -0.39 is 0 Å². The van der Waals surface area contributed by atoms with Gasteiger partial charge < -0.3 is 9.64 Å². The number of rotatable bonds is 12. The van der Waals surface area contributed by atoms with Crippen molar-refractivity contribution in [2.45, 2.75) is 78.3 Å². The van der Waals surface area contributed by atoms with Crippen molar-refractivity contribution in [3.63, 3.8) is 0 Å². The maximum atomic E-state index is 13.6. The molecular weight excluding hydrogens is 510 g/mol. The molecule has 7 nitrogen and oxygen atoms in total. The summed E-state index contributed by atoms with van der Waals surface area (Å²) in [6, 6.07) is 9.73. The van der Waals surface area contributed by atoms with E-state index in [9.17, 15) is 4.79 Å². The van der Waals surface area contributed by atoms with E-state index in [4.69, 9.17) is 26.4 Å². The zero-order valence-corrected chi connectivity index (χ0v) is 24.3. The number of halogens is 1. The highest BCUT2D eigenvalue weighted by Crippen LogP contribution is 2.31. The molecule has 3 aromatic rings. The van der Waals surface area contributed by atoms with Gasteiger partial charge in [-0.2, -0.15) is 5.10 Å². The lowest BCUT2D eigenvalue weighted by Crippen LogP contribution is -2.41. The van der Waals surface area contributed by atoms with E-state index in [-0.39, 0.29) is 5.91 Å². The minimum Gasteiger partial charge on any atom is -0.495 e. The second kappa shape index (κ2) is 13.7. The molecule has 0 spiro atoms. The molecule has 4 rings (SSSR count). The van der Waals surface area contributed by atoms with Crippen LogP contribution in [0.4, 0.5) is 0 Å². The monoisotopic (exact) mass is 549 g/mol. The Hall–Kier alpha value is -3.19. The number of benzene rings is 1. The molecule has 0 bridgehead atoms. The Labute approximate surface area is 237 Å². The lowest BCUT2D eigenvalue weighted by molar-refractivity contribution is -0.134. The zero-order chi connectivity index (χ0) is 27.8. The highest BCUT2D eigenvalue weighted by molar-refractivity contribution is 6.32. The van der Waals surface area contributed by atoms with Gasteiger partial charge in [0.05, 0.1) is 18.7 Å². The summed E-state index contributed by atoms with van der Waals surface area (Å²) in [6.07, 6.45) is 12.8. The molecule has 2 aromatic heterocycles. The number of hydrogen-bond donors (Lipinski definition) is 0. The Bertz CT molecular complexity index is 1260. The number of aromatic nitrogens is 4. The molecule has 1 aliphatic rings. The van der Waals surface area contributed by atoms with Crippen LogP contribution in [0.25, 0.3) is 22.8 Å². The van der Waals surface area contributed by atoms with Gasteiger partial charge in [0.2, 0.25) is 5.91 Å². The number of carbonyl (C=O) groups is 1. The topological polar surface area (TPSA) is 73.1 Å². The van der Waals surface area contributed by atoms with Crippen molar-refractivity contribution in [3.8, 4) is 28.5 Å². The van der Waals surface area contributed by atoms with Gasteiger partial charge in [0.25, 0.3) is 0 Å². The summed E-state index contributed by atoms with van der Waals surface area (Å²) in [7, 11) is 1.60. The maximum Gasteiger partial charge on any atom is 0.223 e. The Morgan fingerprint density at radius 1 is 1.18 bits per heavy atom. The summed E-state index contributed by atoms with van der Waals surface area (Å²) >= 11 is 6.47. The molecule has 2 heterocycles. The zero-order valence-electron chi connectivity index (χ0n) is 23.6. The SMILES string of the molecule is COc1ccc(-c2nc(-c3ccncc3)nn2CCN(C(=O)CC(C)CCC=C(C)C)C2CCCC2)cc1Cl. The lowest BCUT2D eigenvalue weighted by Gasteiger charge is -2.30. The van der Waals surface area contributed by atoms with E-state index in [1.165, 1.54) is 18.4 Å². The molecule has 1 unspecified atom stereocenters. The molecule has 1 atom stereocenters. The first-order valence-electron chi connectivity index (χ1n) is 14.0. The van der Waals surface area contributed by atoms with Crippen molar-refractivity contribution in [1.29, 1.82) is 0 Å². The summed E-state index contributed by atoms with van der Waals surface area (Å²) in [4.78, 5) is 24.7. The number of allylic oxidation sites excluding steroid dienone is 2. The molecular formula is C31H40ClN5O2. The molecule has 0 aliphatic heterocycles. The van der Waals surface area contributed by atoms with E-state index in [1.807, 2.05) is 35.0 Å². The summed E-state index contributed by atoms with van der Waals surface area (Å²) in [5, 5.41) is 5.38. The Morgan fingerprint density at radius 2 is 1.92 bits per heavy atom. The molecule has 208 valence electrons. The van der Waals surface area contributed by atoms with Crippen LogP contribution in [0.1, 0.15) is 65.7 Å². The molecule has 1 amide bonds. The lowest BCUT2D eigenvalue weighted by atomic mass is 9.99. The van der Waals surface area contributed by atoms with Gasteiger partial charge in [-0.3, -0.25) is 9.78 Å². The smallest absolute Gasteiger partial charge is 0.223 e. The number of pyridine rings is 1. The van der Waals surface area contributed by atoms with Gasteiger partial charge in [0.15, 0.2) is 11.6 Å². The number of nitrogens with zero attached hydrogens (tertiary/aromatic N) is 5. The molecule has 39 heavy (non-hydrogen) atoms. The maximum absolute atomic E-state index is 13.6. The predicted octanol–water partition coefficient (Wildman–Crippen LogP) is 7.21. The van der Waals surface area contributed by atoms with E-state index in [0.29, 0.717) is 53.9 Å². The number of carbonyl (C=O) groups excluding carboxylic acids is 1. The van der Waals surface area contributed by atoms with Gasteiger partial charge in [0, 0.05) is 42.5 Å². The van der Waals surface area contributed by atoms with E-state index >= 15 is 0 Å². The molecule has 0 N–H and O–H groups in total. The van der Waals surface area contributed by atoms with Crippen molar-refractivity contribution in [3.05, 3.63) is 59.4 Å². The number of amides is 1. The molecule has 1 aromatic carbocycles. The van der Waals surface area contributed by atoms with Crippen LogP contribution in [0.2, 0.25) is 5.02 Å². The predicted molar refractivity (Wildman–Crippen MR) is 157 cm³/mol. The average molecular weight is 550 g/mol. The van der Waals surface area contributed by atoms with Crippen LogP contribution in [0.3, 0.4) is 0 Å². The summed E-state index contributed by atoms with van der Waals surface area (Å²) in [5.74, 6) is 2.53. The fourth-order valence-electron chi connectivity index (χ4n) is 5.24. The van der Waals surface area contributed by atoms with Crippen LogP contribution in [-0.2, 0) is 11.3 Å². The third-order valence-electron chi connectivity index (χ3n) is 7.39. The largest absolute Gasteiger partial charge is 0.495 e. The Morgan fingerprint density at radius 3 is 2.59 bits per heavy atom. The fraction of sp³-hybridized carbons (Fsp3) is 0.484. The highest BCUT2D eigenvalue weighted by atomic mass is 35.5. The highest BCUT2D eigenvalue weighted by Gasteiger charge is 2.28. The molecule has 1 saturated carbocycles. The average Bonchev–Trinajstić information content (AvgIpc) is 3.60. The fourth-order valence-corrected chi connectivity index (χ4v) is 5.50. The van der Waals surface area contributed by atoms with E-state index in [2.05, 4.69) is 36.7 Å². The molecule has 1 fully saturated rings. The molecule has 1 aliphatic carbocycles. The van der Waals surface area contributed by atoms with Crippen LogP contribution in [0.5, 0.6) is 5.75 Å². The van der Waals surface area contributed by atoms with Crippen molar-refractivity contribution in [2.24, 2.45) is 5.92 Å². The minimum atomic E-state index is 0.245. The van der Waals surface area contributed by atoms with E-state index in [1.54, 1.807) is 19.5 Å². The van der Waals surface area contributed by atoms with Crippen molar-refractivity contribution in [1.82, 2.24) is 24.6 Å². The summed E-state index contributed by atoms with van der Waals surface area (Å²) < 4.78 is 7.25. The van der Waals surface area contributed by atoms with Gasteiger partial charge in [-0.1, -0.05) is 43.0 Å². The van der Waals surface area contributed by atoms with Crippen LogP contribution >= 0.6 is 11.6 Å². The van der Waals surface area contributed by atoms with Crippen LogP contribution < -0.4 is 4.74 Å². The van der Waals surface area contributed by atoms with Crippen LogP contribution in [-0.4, -0.2) is 50.3 Å². The Balaban J connectivity index is 1.57. The quantitative estimate of drug-likeness (QED) is 0.223. The van der Waals surface area contributed by atoms with Gasteiger partial charge in [0.1, 0.15) is 5.75 Å². The summed E-state index contributed by atoms with van der Waals surface area (Å²) in [6.45, 7) is 7.57. The third-order valence-corrected chi connectivity index (χ3v) is 7.69. The van der Waals surface area contributed by atoms with Crippen LogP contribution in [0, 0.1) is 5.92 Å². The number of methoxy groups -OCH3 is 1. The number of ether oxygens (including phenoxy) is 1. The number of hydrogen-bond acceptors (Lipinski definition) is 5. The second-order valence-electron chi connectivity index (χ2n) is 10.8.